The number of nitrogens with one attached hydrogen (secondary N) is 2. The maximum atomic E-state index is 6.34. The molecule has 2 aliphatic rings. The number of halogens is 1. The lowest BCUT2D eigenvalue weighted by Gasteiger charge is -2.17. The van der Waals surface area contributed by atoms with E-state index in [0.717, 1.165) is 74.2 Å². The molecule has 182 valence electrons. The van der Waals surface area contributed by atoms with Crippen molar-refractivity contribution in [2.75, 3.05) is 13.1 Å². The lowest BCUT2D eigenvalue weighted by Crippen LogP contribution is -2.38. The van der Waals surface area contributed by atoms with E-state index >= 15 is 0 Å². The third-order valence-electron chi connectivity index (χ3n) is 6.40. The summed E-state index contributed by atoms with van der Waals surface area (Å²) in [6, 6.07) is 6.45. The van der Waals surface area contributed by atoms with Crippen LogP contribution in [0.25, 0.3) is 0 Å². The summed E-state index contributed by atoms with van der Waals surface area (Å²) in [6.07, 6.45) is 10.8. The Bertz CT molecular complexity index is 906. The van der Waals surface area contributed by atoms with Gasteiger partial charge in [0.1, 0.15) is 17.4 Å². The maximum Gasteiger partial charge on any atom is 0.191 e. The molecule has 4 rings (SSSR count). The summed E-state index contributed by atoms with van der Waals surface area (Å²) in [5.41, 5.74) is 2.37. The van der Waals surface area contributed by atoms with E-state index in [1.165, 1.54) is 37.7 Å². The van der Waals surface area contributed by atoms with E-state index in [1.54, 1.807) is 0 Å². The summed E-state index contributed by atoms with van der Waals surface area (Å²) in [4.78, 5) is 4.84. The molecule has 0 spiro atoms. The minimum atomic E-state index is 0. The highest BCUT2D eigenvalue weighted by molar-refractivity contribution is 14.0. The first-order chi connectivity index (χ1) is 15.7. The summed E-state index contributed by atoms with van der Waals surface area (Å²) >= 11 is 0. The third-order valence-corrected chi connectivity index (χ3v) is 6.40. The molecule has 1 aromatic carbocycles. The second kappa shape index (κ2) is 13.2. The zero-order valence-corrected chi connectivity index (χ0v) is 22.4. The van der Waals surface area contributed by atoms with Crippen molar-refractivity contribution in [3.63, 3.8) is 0 Å². The van der Waals surface area contributed by atoms with E-state index in [-0.39, 0.29) is 24.0 Å². The van der Waals surface area contributed by atoms with Crippen LogP contribution in [0.1, 0.15) is 74.6 Å². The SMILES string of the molecule is CCNC(=NCc1ccc(C)cc1OC1CCCC1)NCCc1nnc2n1CCCCC2.I. The molecule has 1 aliphatic carbocycles. The Kier molecular flexibility index (Phi) is 10.3. The van der Waals surface area contributed by atoms with Gasteiger partial charge in [-0.3, -0.25) is 0 Å². The fraction of sp³-hybridized carbons (Fsp3) is 0.640. The molecule has 1 saturated carbocycles. The van der Waals surface area contributed by atoms with Crippen LogP contribution in [0.4, 0.5) is 0 Å². The number of ether oxygens (including phenoxy) is 1. The average Bonchev–Trinajstić information content (AvgIpc) is 3.37. The number of hydrogen-bond acceptors (Lipinski definition) is 4. The van der Waals surface area contributed by atoms with E-state index in [4.69, 9.17) is 9.73 Å². The topological polar surface area (TPSA) is 76.4 Å². The molecular formula is C25H39IN6O. The van der Waals surface area contributed by atoms with Crippen molar-refractivity contribution >= 4 is 29.9 Å². The van der Waals surface area contributed by atoms with Gasteiger partial charge in [-0.2, -0.15) is 0 Å². The van der Waals surface area contributed by atoms with Crippen LogP contribution in [-0.2, 0) is 25.9 Å². The smallest absolute Gasteiger partial charge is 0.191 e. The van der Waals surface area contributed by atoms with Gasteiger partial charge < -0.3 is 19.9 Å². The lowest BCUT2D eigenvalue weighted by molar-refractivity contribution is 0.208. The predicted octanol–water partition coefficient (Wildman–Crippen LogP) is 4.55. The zero-order chi connectivity index (χ0) is 22.2. The van der Waals surface area contributed by atoms with Crippen LogP contribution in [0.3, 0.4) is 0 Å². The molecule has 2 N–H and O–H groups in total. The molecule has 0 radical (unpaired) electrons. The molecule has 2 heterocycles. The van der Waals surface area contributed by atoms with Crippen molar-refractivity contribution in [3.8, 4) is 5.75 Å². The first kappa shape index (κ1) is 25.8. The molecule has 0 saturated heterocycles. The van der Waals surface area contributed by atoms with E-state index in [9.17, 15) is 0 Å². The van der Waals surface area contributed by atoms with Crippen LogP contribution >= 0.6 is 24.0 Å². The van der Waals surface area contributed by atoms with Gasteiger partial charge in [-0.1, -0.05) is 18.6 Å². The number of aryl methyl sites for hydroxylation is 2. The Morgan fingerprint density at radius 2 is 1.97 bits per heavy atom. The number of rotatable bonds is 8. The van der Waals surface area contributed by atoms with E-state index in [0.29, 0.717) is 12.6 Å². The fourth-order valence-electron chi connectivity index (χ4n) is 4.62. The molecule has 7 nitrogen and oxygen atoms in total. The molecule has 0 unspecified atom stereocenters. The minimum absolute atomic E-state index is 0. The molecule has 1 aliphatic heterocycles. The summed E-state index contributed by atoms with van der Waals surface area (Å²) in [5, 5.41) is 15.7. The molecule has 33 heavy (non-hydrogen) atoms. The van der Waals surface area contributed by atoms with Gasteiger partial charge in [-0.15, -0.1) is 34.2 Å². The molecule has 2 aromatic rings. The van der Waals surface area contributed by atoms with E-state index < -0.39 is 0 Å². The van der Waals surface area contributed by atoms with Crippen molar-refractivity contribution in [2.45, 2.75) is 90.8 Å². The van der Waals surface area contributed by atoms with Crippen LogP contribution in [0, 0.1) is 6.92 Å². The van der Waals surface area contributed by atoms with Gasteiger partial charge in [0.2, 0.25) is 0 Å². The average molecular weight is 567 g/mol. The van der Waals surface area contributed by atoms with Crippen LogP contribution in [0.15, 0.2) is 23.2 Å². The van der Waals surface area contributed by atoms with Crippen LogP contribution in [0.5, 0.6) is 5.75 Å². The van der Waals surface area contributed by atoms with Crippen molar-refractivity contribution < 1.29 is 4.74 Å². The van der Waals surface area contributed by atoms with Crippen molar-refractivity contribution in [1.29, 1.82) is 0 Å². The third kappa shape index (κ3) is 7.32. The van der Waals surface area contributed by atoms with Gasteiger partial charge in [-0.25, -0.2) is 4.99 Å². The Morgan fingerprint density at radius 1 is 1.12 bits per heavy atom. The maximum absolute atomic E-state index is 6.34. The monoisotopic (exact) mass is 566 g/mol. The second-order valence-corrected chi connectivity index (χ2v) is 9.00. The first-order valence-electron chi connectivity index (χ1n) is 12.4. The normalized spacial score (nSPS) is 16.6. The van der Waals surface area contributed by atoms with Gasteiger partial charge in [0.25, 0.3) is 0 Å². The Morgan fingerprint density at radius 3 is 2.79 bits per heavy atom. The molecule has 8 heteroatoms. The quantitative estimate of drug-likeness (QED) is 0.279. The van der Waals surface area contributed by atoms with Crippen LogP contribution in [-0.4, -0.2) is 39.9 Å². The van der Waals surface area contributed by atoms with E-state index in [1.807, 2.05) is 0 Å². The number of benzene rings is 1. The molecule has 0 bridgehead atoms. The number of guanidine groups is 1. The van der Waals surface area contributed by atoms with E-state index in [2.05, 4.69) is 57.4 Å². The number of hydrogen-bond donors (Lipinski definition) is 2. The van der Waals surface area contributed by atoms with Crippen molar-refractivity contribution in [2.24, 2.45) is 4.99 Å². The number of nitrogens with zero attached hydrogens (tertiary/aromatic N) is 4. The highest BCUT2D eigenvalue weighted by atomic mass is 127. The highest BCUT2D eigenvalue weighted by Crippen LogP contribution is 2.28. The lowest BCUT2D eigenvalue weighted by atomic mass is 10.1. The standard InChI is InChI=1S/C25H38N6O.HI/c1-3-26-25(27-15-14-24-30-29-23-11-5-4-8-16-31(23)24)28-18-20-13-12-19(2)17-22(20)32-21-9-6-7-10-21;/h12-13,17,21H,3-11,14-16,18H2,1-2H3,(H2,26,27,28);1H. The van der Waals surface area contributed by atoms with Gasteiger partial charge in [0.15, 0.2) is 5.96 Å². The van der Waals surface area contributed by atoms with Crippen LogP contribution < -0.4 is 15.4 Å². The molecule has 1 fully saturated rings. The molecule has 1 aromatic heterocycles. The minimum Gasteiger partial charge on any atom is -0.490 e. The van der Waals surface area contributed by atoms with Crippen LogP contribution in [0.2, 0.25) is 0 Å². The largest absolute Gasteiger partial charge is 0.490 e. The number of aliphatic imine (C=N–C) groups is 1. The predicted molar refractivity (Wildman–Crippen MR) is 144 cm³/mol. The summed E-state index contributed by atoms with van der Waals surface area (Å²) < 4.78 is 8.66. The Labute approximate surface area is 215 Å². The van der Waals surface area contributed by atoms with Gasteiger partial charge in [0.05, 0.1) is 12.6 Å². The van der Waals surface area contributed by atoms with Crippen molar-refractivity contribution in [1.82, 2.24) is 25.4 Å². The first-order valence-corrected chi connectivity index (χ1v) is 12.4. The summed E-state index contributed by atoms with van der Waals surface area (Å²) in [6.45, 7) is 7.46. The van der Waals surface area contributed by atoms with Gasteiger partial charge in [-0.05, 0) is 64.0 Å². The molecular weight excluding hydrogens is 527 g/mol. The van der Waals surface area contributed by atoms with Gasteiger partial charge >= 0.3 is 0 Å². The molecule has 0 atom stereocenters. The highest BCUT2D eigenvalue weighted by Gasteiger charge is 2.18. The summed E-state index contributed by atoms with van der Waals surface area (Å²) in [5.74, 6) is 4.04. The zero-order valence-electron chi connectivity index (χ0n) is 20.1. The fourth-order valence-corrected chi connectivity index (χ4v) is 4.62. The molecule has 0 amide bonds. The second-order valence-electron chi connectivity index (χ2n) is 9.00. The summed E-state index contributed by atoms with van der Waals surface area (Å²) in [7, 11) is 0. The van der Waals surface area contributed by atoms with Gasteiger partial charge in [0, 0.05) is 38.0 Å². The Balaban J connectivity index is 0.00000306. The number of fused-ring (bicyclic) bond motifs is 1. The Hall–Kier alpha value is -1.84. The number of aromatic nitrogens is 3. The van der Waals surface area contributed by atoms with Crippen molar-refractivity contribution in [3.05, 3.63) is 41.0 Å².